The number of aromatic nitrogens is 2. The molecule has 2 aromatic heterocycles. The maximum Gasteiger partial charge on any atom is 0.161 e. The molecule has 0 spiro atoms. The van der Waals surface area contributed by atoms with E-state index in [4.69, 9.17) is 9.97 Å². The second-order valence-electron chi connectivity index (χ2n) is 9.39. The Balaban J connectivity index is 1.46. The lowest BCUT2D eigenvalue weighted by atomic mass is 9.93. The monoisotopic (exact) mass is 488 g/mol. The molecule has 6 aromatic carbocycles. The third kappa shape index (κ3) is 3.11. The van der Waals surface area contributed by atoms with Crippen LogP contribution in [0.15, 0.2) is 121 Å². The highest BCUT2D eigenvalue weighted by Gasteiger charge is 2.17. The van der Waals surface area contributed by atoms with E-state index >= 15 is 0 Å². The Bertz CT molecular complexity index is 2110. The number of thiophene rings is 1. The van der Waals surface area contributed by atoms with Crippen LogP contribution in [0.2, 0.25) is 0 Å². The van der Waals surface area contributed by atoms with Gasteiger partial charge in [0.1, 0.15) is 4.83 Å². The van der Waals surface area contributed by atoms with Crippen molar-refractivity contribution in [2.45, 2.75) is 0 Å². The van der Waals surface area contributed by atoms with E-state index in [9.17, 15) is 0 Å². The van der Waals surface area contributed by atoms with E-state index in [1.54, 1.807) is 11.3 Å². The molecule has 0 atom stereocenters. The van der Waals surface area contributed by atoms with Crippen LogP contribution in [0.1, 0.15) is 0 Å². The molecule has 0 N–H and O–H groups in total. The molecule has 0 saturated carbocycles. The van der Waals surface area contributed by atoms with Gasteiger partial charge < -0.3 is 0 Å². The van der Waals surface area contributed by atoms with Gasteiger partial charge in [-0.2, -0.15) is 0 Å². The topological polar surface area (TPSA) is 25.8 Å². The van der Waals surface area contributed by atoms with E-state index < -0.39 is 0 Å². The molecule has 0 saturated heterocycles. The van der Waals surface area contributed by atoms with Gasteiger partial charge in [0.15, 0.2) is 5.82 Å². The third-order valence-electron chi connectivity index (χ3n) is 7.29. The molecule has 3 heteroatoms. The van der Waals surface area contributed by atoms with Crippen molar-refractivity contribution in [2.75, 3.05) is 0 Å². The van der Waals surface area contributed by atoms with Gasteiger partial charge in [-0.1, -0.05) is 109 Å². The fraction of sp³-hybridized carbons (Fsp3) is 0. The minimum Gasteiger partial charge on any atom is -0.227 e. The van der Waals surface area contributed by atoms with E-state index in [-0.39, 0.29) is 0 Å². The molecule has 8 aromatic rings. The molecule has 2 heterocycles. The Labute approximate surface area is 217 Å². The summed E-state index contributed by atoms with van der Waals surface area (Å²) in [6.07, 6.45) is 0. The molecule has 0 fully saturated rings. The van der Waals surface area contributed by atoms with Gasteiger partial charge in [0.05, 0.1) is 5.69 Å². The lowest BCUT2D eigenvalue weighted by molar-refractivity contribution is 1.24. The van der Waals surface area contributed by atoms with Crippen LogP contribution in [0, 0.1) is 0 Å². The van der Waals surface area contributed by atoms with Crippen molar-refractivity contribution in [2.24, 2.45) is 0 Å². The zero-order valence-corrected chi connectivity index (χ0v) is 20.7. The first-order valence-electron chi connectivity index (χ1n) is 12.4. The standard InChI is InChI=1S/C34H20N2S/c1-2-10-21(11-3-1)32-31-28-16-8-9-17-30(28)37-34(31)36-33(35-32)22-18-19-27-25-14-5-4-12-23(25)24-13-6-7-15-26(24)29(27)20-22/h1-20H. The van der Waals surface area contributed by atoms with Crippen molar-refractivity contribution in [3.05, 3.63) is 121 Å². The predicted molar refractivity (Wildman–Crippen MR) is 158 cm³/mol. The summed E-state index contributed by atoms with van der Waals surface area (Å²) >= 11 is 1.74. The maximum absolute atomic E-state index is 5.21. The number of hydrogen-bond acceptors (Lipinski definition) is 3. The Kier molecular flexibility index (Phi) is 4.42. The minimum absolute atomic E-state index is 0.761. The summed E-state index contributed by atoms with van der Waals surface area (Å²) in [4.78, 5) is 11.4. The average Bonchev–Trinajstić information content (AvgIpc) is 3.36. The zero-order valence-electron chi connectivity index (χ0n) is 19.8. The fourth-order valence-corrected chi connectivity index (χ4v) is 6.68. The van der Waals surface area contributed by atoms with E-state index in [2.05, 4.69) is 115 Å². The van der Waals surface area contributed by atoms with Crippen LogP contribution in [-0.4, -0.2) is 9.97 Å². The Morgan fingerprint density at radius 1 is 0.432 bits per heavy atom. The van der Waals surface area contributed by atoms with Crippen molar-refractivity contribution in [3.8, 4) is 22.6 Å². The van der Waals surface area contributed by atoms with Gasteiger partial charge in [-0.3, -0.25) is 0 Å². The molecule has 37 heavy (non-hydrogen) atoms. The van der Waals surface area contributed by atoms with Crippen molar-refractivity contribution in [1.82, 2.24) is 9.97 Å². The summed E-state index contributed by atoms with van der Waals surface area (Å²) in [5.41, 5.74) is 3.13. The van der Waals surface area contributed by atoms with Crippen LogP contribution < -0.4 is 0 Å². The van der Waals surface area contributed by atoms with Crippen LogP contribution in [0.25, 0.3) is 75.3 Å². The van der Waals surface area contributed by atoms with Crippen molar-refractivity contribution < 1.29 is 0 Å². The van der Waals surface area contributed by atoms with Gasteiger partial charge in [0.2, 0.25) is 0 Å². The fourth-order valence-electron chi connectivity index (χ4n) is 5.60. The highest BCUT2D eigenvalue weighted by molar-refractivity contribution is 7.25. The summed E-state index contributed by atoms with van der Waals surface area (Å²) in [6, 6.07) is 43.0. The molecule has 0 aliphatic heterocycles. The molecule has 0 amide bonds. The van der Waals surface area contributed by atoms with Crippen molar-refractivity contribution >= 4 is 64.0 Å². The van der Waals surface area contributed by atoms with Gasteiger partial charge in [-0.05, 0) is 44.5 Å². The van der Waals surface area contributed by atoms with E-state index in [1.807, 2.05) is 6.07 Å². The third-order valence-corrected chi connectivity index (χ3v) is 8.35. The van der Waals surface area contributed by atoms with Crippen LogP contribution in [0.5, 0.6) is 0 Å². The van der Waals surface area contributed by atoms with Gasteiger partial charge in [0.25, 0.3) is 0 Å². The lowest BCUT2D eigenvalue weighted by Crippen LogP contribution is -1.94. The summed E-state index contributed by atoms with van der Waals surface area (Å²) in [6.45, 7) is 0. The number of benzene rings is 6. The molecule has 0 radical (unpaired) electrons. The first-order valence-corrected chi connectivity index (χ1v) is 13.2. The van der Waals surface area contributed by atoms with Gasteiger partial charge >= 0.3 is 0 Å². The van der Waals surface area contributed by atoms with E-state index in [0.717, 1.165) is 32.9 Å². The smallest absolute Gasteiger partial charge is 0.161 e. The average molecular weight is 489 g/mol. The van der Waals surface area contributed by atoms with Crippen molar-refractivity contribution in [1.29, 1.82) is 0 Å². The molecular weight excluding hydrogens is 468 g/mol. The number of rotatable bonds is 2. The second kappa shape index (κ2) is 7.95. The molecule has 0 aliphatic carbocycles. The number of fused-ring (bicyclic) bond motifs is 9. The number of nitrogens with zero attached hydrogens (tertiary/aromatic N) is 2. The van der Waals surface area contributed by atoms with Crippen LogP contribution in [0.3, 0.4) is 0 Å². The number of hydrogen-bond donors (Lipinski definition) is 0. The highest BCUT2D eigenvalue weighted by atomic mass is 32.1. The maximum atomic E-state index is 5.21. The lowest BCUT2D eigenvalue weighted by Gasteiger charge is -2.12. The summed E-state index contributed by atoms with van der Waals surface area (Å²) in [5.74, 6) is 0.761. The van der Waals surface area contributed by atoms with E-state index in [1.165, 1.54) is 42.4 Å². The van der Waals surface area contributed by atoms with Crippen LogP contribution in [-0.2, 0) is 0 Å². The zero-order chi connectivity index (χ0) is 24.3. The van der Waals surface area contributed by atoms with Crippen LogP contribution in [0.4, 0.5) is 0 Å². The SMILES string of the molecule is c1ccc(-c2nc(-c3ccc4c5ccccc5c5ccccc5c4c3)nc3sc4ccccc4c23)cc1. The van der Waals surface area contributed by atoms with Crippen LogP contribution >= 0.6 is 11.3 Å². The van der Waals surface area contributed by atoms with Gasteiger partial charge in [-0.15, -0.1) is 11.3 Å². The second-order valence-corrected chi connectivity index (χ2v) is 10.4. The first-order chi connectivity index (χ1) is 18.3. The normalized spacial score (nSPS) is 11.8. The van der Waals surface area contributed by atoms with Crippen molar-refractivity contribution in [3.63, 3.8) is 0 Å². The molecule has 8 rings (SSSR count). The molecule has 0 unspecified atom stereocenters. The Hall–Kier alpha value is -4.60. The summed E-state index contributed by atoms with van der Waals surface area (Å²) < 4.78 is 1.23. The van der Waals surface area contributed by atoms with Gasteiger partial charge in [0, 0.05) is 26.6 Å². The minimum atomic E-state index is 0.761. The highest BCUT2D eigenvalue weighted by Crippen LogP contribution is 2.41. The first kappa shape index (κ1) is 20.6. The molecule has 0 bridgehead atoms. The Morgan fingerprint density at radius 2 is 1.00 bits per heavy atom. The molecule has 172 valence electrons. The summed E-state index contributed by atoms with van der Waals surface area (Å²) in [7, 11) is 0. The summed E-state index contributed by atoms with van der Waals surface area (Å²) in [5, 5.41) is 9.91. The molecular formula is C34H20N2S. The molecule has 2 nitrogen and oxygen atoms in total. The Morgan fingerprint density at radius 3 is 1.70 bits per heavy atom. The quantitative estimate of drug-likeness (QED) is 0.226. The largest absolute Gasteiger partial charge is 0.227 e. The van der Waals surface area contributed by atoms with E-state index in [0.29, 0.717) is 0 Å². The van der Waals surface area contributed by atoms with Gasteiger partial charge in [-0.25, -0.2) is 9.97 Å². The molecule has 0 aliphatic rings. The predicted octanol–water partition coefficient (Wildman–Crippen LogP) is 9.64.